The van der Waals surface area contributed by atoms with Crippen molar-refractivity contribution in [3.63, 3.8) is 0 Å². The summed E-state index contributed by atoms with van der Waals surface area (Å²) in [7, 11) is 2.89. The molecule has 4 N–H and O–H groups in total. The number of amides is 5. The molecule has 2 aromatic carbocycles. The molecule has 23 heteroatoms. The predicted octanol–water partition coefficient (Wildman–Crippen LogP) is 4.96. The molecule has 23 nitrogen and oxygen atoms in total. The number of unbranched alkanes of at least 4 members (excludes halogenated alkanes) is 1. The summed E-state index contributed by atoms with van der Waals surface area (Å²) < 4.78 is 18.7. The molecule has 3 aliphatic heterocycles. The molecule has 9 rings (SSSR count). The van der Waals surface area contributed by atoms with E-state index in [1.807, 2.05) is 17.0 Å². The lowest BCUT2D eigenvalue weighted by molar-refractivity contribution is -0.137. The number of nitrogens with zero attached hydrogens (tertiary/aromatic N) is 9. The van der Waals surface area contributed by atoms with Crippen LogP contribution in [-0.2, 0) is 25.7 Å². The van der Waals surface area contributed by atoms with Gasteiger partial charge in [-0.1, -0.05) is 18.9 Å². The number of carbonyl (C=O) groups is 6. The summed E-state index contributed by atoms with van der Waals surface area (Å²) in [4.78, 5) is 109. The number of azo groups is 1. The molecule has 1 saturated carbocycles. The van der Waals surface area contributed by atoms with Crippen LogP contribution in [0.5, 0.6) is 17.2 Å². The third-order valence-electron chi connectivity index (χ3n) is 14.2. The summed E-state index contributed by atoms with van der Waals surface area (Å²) in [6.07, 6.45) is 8.97. The van der Waals surface area contributed by atoms with Gasteiger partial charge in [-0.3, -0.25) is 43.4 Å². The molecule has 3 aromatic heterocycles. The van der Waals surface area contributed by atoms with Crippen molar-refractivity contribution in [3.8, 4) is 17.2 Å². The number of fused-ring (bicyclic) bond motifs is 2. The van der Waals surface area contributed by atoms with Gasteiger partial charge < -0.3 is 44.9 Å². The van der Waals surface area contributed by atoms with Crippen LogP contribution in [0.25, 0.3) is 11.0 Å². The lowest BCUT2D eigenvalue weighted by Crippen LogP contribution is -2.52. The zero-order valence-corrected chi connectivity index (χ0v) is 43.0. The number of Topliss-reactive ketones (excluding diaryl/α,β-unsaturated/α-hetero) is 1. The number of benzene rings is 2. The molecular formula is C53H61N13O10. The number of aromatic nitrogens is 4. The van der Waals surface area contributed by atoms with Gasteiger partial charge in [-0.15, -0.1) is 0 Å². The molecule has 1 atom stereocenters. The van der Waals surface area contributed by atoms with Crippen LogP contribution in [0.4, 0.5) is 28.8 Å². The van der Waals surface area contributed by atoms with Crippen molar-refractivity contribution in [2.45, 2.75) is 83.8 Å². The Morgan fingerprint density at radius 3 is 2.33 bits per heavy atom. The quantitative estimate of drug-likeness (QED) is 0.0347. The number of aryl methyl sites for hydroxylation is 1. The molecule has 0 radical (unpaired) electrons. The van der Waals surface area contributed by atoms with Gasteiger partial charge in [0.25, 0.3) is 17.4 Å². The van der Waals surface area contributed by atoms with Crippen LogP contribution in [-0.4, -0.2) is 137 Å². The van der Waals surface area contributed by atoms with Gasteiger partial charge in [-0.25, -0.2) is 9.97 Å². The highest BCUT2D eigenvalue weighted by atomic mass is 16.5. The Bertz CT molecular complexity index is 3120. The molecule has 5 amide bonds. The Labute approximate surface area is 437 Å². The van der Waals surface area contributed by atoms with E-state index in [-0.39, 0.29) is 96.4 Å². The van der Waals surface area contributed by atoms with E-state index in [2.05, 4.69) is 46.4 Å². The fourth-order valence-electron chi connectivity index (χ4n) is 10.2. The SMILES string of the molecule is COc1cc(/N=N\c2cccc3c2CN(C2CCC(=O)NC2=O)C3=O)cc(OC)c1OCC(=O)NCCCCNCC(=O)N1CCN(c2ccc(Nc3ncc4c(C)c(C(C)=O)c(=O)n(C5CCCC5)c4n3)nc2)CC1. The predicted molar refractivity (Wildman–Crippen MR) is 279 cm³/mol. The summed E-state index contributed by atoms with van der Waals surface area (Å²) in [5.41, 5.74) is 3.71. The molecule has 76 heavy (non-hydrogen) atoms. The highest BCUT2D eigenvalue weighted by molar-refractivity contribution is 6.06. The largest absolute Gasteiger partial charge is 0.493 e. The molecule has 0 bridgehead atoms. The summed E-state index contributed by atoms with van der Waals surface area (Å²) >= 11 is 0. The lowest BCUT2D eigenvalue weighted by atomic mass is 10.0. The second-order valence-corrected chi connectivity index (χ2v) is 19.1. The summed E-state index contributed by atoms with van der Waals surface area (Å²) in [5.74, 6) is -0.227. The van der Waals surface area contributed by atoms with Gasteiger partial charge >= 0.3 is 0 Å². The van der Waals surface area contributed by atoms with E-state index in [0.29, 0.717) is 96.6 Å². The number of piperidine rings is 1. The second-order valence-electron chi connectivity index (χ2n) is 19.1. The smallest absolute Gasteiger partial charge is 0.263 e. The van der Waals surface area contributed by atoms with Crippen molar-refractivity contribution in [1.82, 2.24) is 45.3 Å². The van der Waals surface area contributed by atoms with Gasteiger partial charge in [0.2, 0.25) is 29.4 Å². The van der Waals surface area contributed by atoms with Crippen molar-refractivity contribution in [2.75, 3.05) is 76.9 Å². The van der Waals surface area contributed by atoms with Gasteiger partial charge in [0.15, 0.2) is 23.9 Å². The van der Waals surface area contributed by atoms with Gasteiger partial charge in [0.05, 0.1) is 49.6 Å². The van der Waals surface area contributed by atoms with Crippen molar-refractivity contribution < 1.29 is 43.0 Å². The number of hydrogen-bond donors (Lipinski definition) is 4. The molecule has 1 unspecified atom stereocenters. The Morgan fingerprint density at radius 2 is 1.63 bits per heavy atom. The van der Waals surface area contributed by atoms with Gasteiger partial charge in [0, 0.05) is 86.6 Å². The summed E-state index contributed by atoms with van der Waals surface area (Å²) in [5, 5.41) is 21.0. The molecule has 398 valence electrons. The fraction of sp³-hybridized carbons (Fsp3) is 0.434. The van der Waals surface area contributed by atoms with E-state index in [0.717, 1.165) is 37.8 Å². The van der Waals surface area contributed by atoms with Gasteiger partial charge in [-0.2, -0.15) is 15.2 Å². The van der Waals surface area contributed by atoms with E-state index >= 15 is 0 Å². The van der Waals surface area contributed by atoms with Crippen LogP contribution in [0.3, 0.4) is 0 Å². The van der Waals surface area contributed by atoms with Crippen molar-refractivity contribution in [3.05, 3.63) is 87.5 Å². The number of carbonyl (C=O) groups excluding carboxylic acids is 6. The number of pyridine rings is 2. The molecule has 1 aliphatic carbocycles. The third-order valence-corrected chi connectivity index (χ3v) is 14.2. The molecule has 4 aliphatic rings. The number of ketones is 1. The van der Waals surface area contributed by atoms with Crippen LogP contribution >= 0.6 is 0 Å². The number of imide groups is 1. The average Bonchev–Trinajstić information content (AvgIpc) is 4.08. The summed E-state index contributed by atoms with van der Waals surface area (Å²) in [6, 6.07) is 11.2. The highest BCUT2D eigenvalue weighted by Gasteiger charge is 2.40. The lowest BCUT2D eigenvalue weighted by Gasteiger charge is -2.36. The van der Waals surface area contributed by atoms with E-state index in [9.17, 15) is 33.6 Å². The summed E-state index contributed by atoms with van der Waals surface area (Å²) in [6.45, 7) is 6.65. The first kappa shape index (κ1) is 52.5. The first-order chi connectivity index (χ1) is 36.8. The van der Waals surface area contributed by atoms with E-state index < -0.39 is 11.9 Å². The minimum absolute atomic E-state index is 0.0170. The standard InChI is InChI=1S/C53H61N13O10/c1-31-37-27-57-53(60-49(37)66(34-10-5-6-11-34)52(73)47(31)32(2)67)58-43-16-14-35(26-56-43)63-20-22-64(23-21-63)46(70)28-54-18-7-8-19-55-45(69)30-76-48-41(74-3)24-33(25-42(48)75-4)61-62-39-13-9-12-36-38(39)29-65(51(36)72)40-15-17-44(68)59-50(40)71/h9,12-14,16,24-27,34,40,54H,5-8,10-11,15,17-23,28-30H2,1-4H3,(H,55,69)(H,59,68,71)(H,56,57,58,60)/b62-61-. The van der Waals surface area contributed by atoms with E-state index in [4.69, 9.17) is 19.2 Å². The van der Waals surface area contributed by atoms with Gasteiger partial charge in [-0.05, 0) is 82.3 Å². The number of piperazine rings is 1. The zero-order chi connectivity index (χ0) is 53.5. The Balaban J connectivity index is 0.677. The van der Waals surface area contributed by atoms with E-state index in [1.54, 1.807) is 54.2 Å². The van der Waals surface area contributed by atoms with Crippen molar-refractivity contribution in [1.29, 1.82) is 0 Å². The normalized spacial score (nSPS) is 16.8. The van der Waals surface area contributed by atoms with Crippen LogP contribution in [0.15, 0.2) is 69.9 Å². The van der Waals surface area contributed by atoms with Crippen LogP contribution in [0.2, 0.25) is 0 Å². The van der Waals surface area contributed by atoms with Crippen molar-refractivity contribution >= 4 is 75.2 Å². The molecule has 0 spiro atoms. The number of hydrogen-bond acceptors (Lipinski definition) is 18. The Kier molecular flexibility index (Phi) is 16.2. The number of anilines is 3. The molecule has 5 aromatic rings. The molecule has 6 heterocycles. The fourth-order valence-corrected chi connectivity index (χ4v) is 10.2. The zero-order valence-electron chi connectivity index (χ0n) is 43.0. The minimum Gasteiger partial charge on any atom is -0.493 e. The number of methoxy groups -OCH3 is 2. The first-order valence-corrected chi connectivity index (χ1v) is 25.5. The van der Waals surface area contributed by atoms with Crippen molar-refractivity contribution in [2.24, 2.45) is 10.2 Å². The monoisotopic (exact) mass is 1040 g/mol. The highest BCUT2D eigenvalue weighted by Crippen LogP contribution is 2.42. The molecule has 3 fully saturated rings. The maximum Gasteiger partial charge on any atom is 0.263 e. The maximum absolute atomic E-state index is 13.6. The minimum atomic E-state index is -0.759. The Hall–Kier alpha value is -8.34. The van der Waals surface area contributed by atoms with E-state index in [1.165, 1.54) is 26.0 Å². The first-order valence-electron chi connectivity index (χ1n) is 25.5. The van der Waals surface area contributed by atoms with Gasteiger partial charge in [0.1, 0.15) is 17.5 Å². The number of rotatable bonds is 20. The maximum atomic E-state index is 13.6. The number of ether oxygens (including phenoxy) is 3. The molecule has 2 saturated heterocycles. The average molecular weight is 1040 g/mol. The third kappa shape index (κ3) is 11.5. The number of nitrogens with one attached hydrogen (secondary N) is 4. The second kappa shape index (κ2) is 23.5. The Morgan fingerprint density at radius 1 is 0.882 bits per heavy atom. The molecular weight excluding hydrogens is 979 g/mol. The van der Waals surface area contributed by atoms with Crippen LogP contribution in [0.1, 0.15) is 96.2 Å². The van der Waals surface area contributed by atoms with Crippen LogP contribution < -0.4 is 45.9 Å². The van der Waals surface area contributed by atoms with Crippen LogP contribution in [0, 0.1) is 6.92 Å². The topological polar surface area (TPSA) is 273 Å².